The number of amides is 1. The molecule has 0 aromatic heterocycles. The number of hydrogen-bond acceptors (Lipinski definition) is 4. The highest BCUT2D eigenvalue weighted by molar-refractivity contribution is 7.89. The van der Waals surface area contributed by atoms with Crippen LogP contribution in [0.25, 0.3) is 0 Å². The Bertz CT molecular complexity index is 991. The minimum Gasteiger partial charge on any atom is -0.385 e. The molecule has 2 aliphatic rings. The van der Waals surface area contributed by atoms with Crippen LogP contribution in [0.15, 0.2) is 59.5 Å². The topological polar surface area (TPSA) is 101 Å². The Morgan fingerprint density at radius 3 is 2.34 bits per heavy atom. The highest BCUT2D eigenvalue weighted by Crippen LogP contribution is 2.47. The van der Waals surface area contributed by atoms with Crippen molar-refractivity contribution in [2.24, 2.45) is 11.1 Å². The van der Waals surface area contributed by atoms with Crippen LogP contribution in [0.3, 0.4) is 0 Å². The van der Waals surface area contributed by atoms with Crippen LogP contribution in [-0.4, -0.2) is 36.9 Å². The van der Waals surface area contributed by atoms with E-state index in [-0.39, 0.29) is 22.8 Å². The number of piperidine rings is 1. The van der Waals surface area contributed by atoms with Crippen molar-refractivity contribution in [2.45, 2.75) is 48.6 Å². The zero-order valence-electron chi connectivity index (χ0n) is 16.2. The van der Waals surface area contributed by atoms with Crippen molar-refractivity contribution in [1.29, 1.82) is 0 Å². The molecule has 1 saturated carbocycles. The Labute approximate surface area is 171 Å². The second-order valence-corrected chi connectivity index (χ2v) is 9.63. The highest BCUT2D eigenvalue weighted by atomic mass is 32.2. The molecule has 0 bridgehead atoms. The Morgan fingerprint density at radius 1 is 1.03 bits per heavy atom. The lowest BCUT2D eigenvalue weighted by Crippen LogP contribution is -2.58. The summed E-state index contributed by atoms with van der Waals surface area (Å²) in [6.45, 7) is 0.461. The molecule has 1 aliphatic carbocycles. The molecule has 1 heterocycles. The second kappa shape index (κ2) is 7.55. The van der Waals surface area contributed by atoms with Gasteiger partial charge in [0.2, 0.25) is 10.0 Å². The first-order valence-electron chi connectivity index (χ1n) is 10.0. The van der Waals surface area contributed by atoms with Crippen LogP contribution in [-0.2, 0) is 15.6 Å². The minimum atomic E-state index is -3.79. The van der Waals surface area contributed by atoms with Crippen LogP contribution in [0.2, 0.25) is 0 Å². The van der Waals surface area contributed by atoms with E-state index in [9.17, 15) is 18.3 Å². The van der Waals surface area contributed by atoms with E-state index < -0.39 is 15.6 Å². The number of sulfonamides is 1. The number of carbonyl (C=O) groups excluding carboxylic acids is 1. The first-order valence-corrected chi connectivity index (χ1v) is 11.6. The molecule has 154 valence electrons. The monoisotopic (exact) mass is 414 g/mol. The van der Waals surface area contributed by atoms with Gasteiger partial charge in [0.1, 0.15) is 0 Å². The normalized spacial score (nSPS) is 27.3. The number of aliphatic hydroxyl groups is 1. The highest BCUT2D eigenvalue weighted by Gasteiger charge is 2.50. The molecule has 1 saturated heterocycles. The number of primary sulfonamides is 1. The van der Waals surface area contributed by atoms with Crippen LogP contribution in [0.1, 0.15) is 48.0 Å². The van der Waals surface area contributed by atoms with Gasteiger partial charge >= 0.3 is 0 Å². The number of nitrogens with two attached hydrogens (primary N) is 1. The molecular formula is C22H26N2O4S. The van der Waals surface area contributed by atoms with Gasteiger partial charge in [-0.1, -0.05) is 43.2 Å². The summed E-state index contributed by atoms with van der Waals surface area (Å²) in [5.41, 5.74) is 0.425. The van der Waals surface area contributed by atoms with Gasteiger partial charge in [0, 0.05) is 24.1 Å². The first-order chi connectivity index (χ1) is 13.8. The van der Waals surface area contributed by atoms with Crippen molar-refractivity contribution in [3.63, 3.8) is 0 Å². The number of nitrogens with zero attached hydrogens (tertiary/aromatic N) is 1. The maximum atomic E-state index is 13.2. The lowest BCUT2D eigenvalue weighted by atomic mass is 9.66. The molecule has 0 unspecified atom stereocenters. The summed E-state index contributed by atoms with van der Waals surface area (Å²) < 4.78 is 22.9. The molecule has 7 heteroatoms. The fraction of sp³-hybridized carbons (Fsp3) is 0.409. The van der Waals surface area contributed by atoms with Crippen molar-refractivity contribution < 1.29 is 18.3 Å². The van der Waals surface area contributed by atoms with Crippen LogP contribution in [0, 0.1) is 5.92 Å². The van der Waals surface area contributed by atoms with Crippen molar-refractivity contribution in [3.05, 3.63) is 65.7 Å². The average Bonchev–Trinajstić information content (AvgIpc) is 2.74. The zero-order chi connectivity index (χ0) is 20.6. The van der Waals surface area contributed by atoms with Crippen LogP contribution in [0.4, 0.5) is 0 Å². The van der Waals surface area contributed by atoms with Crippen LogP contribution >= 0.6 is 0 Å². The van der Waals surface area contributed by atoms with Crippen LogP contribution < -0.4 is 5.14 Å². The smallest absolute Gasteiger partial charge is 0.254 e. The average molecular weight is 415 g/mol. The molecule has 2 aromatic rings. The lowest BCUT2D eigenvalue weighted by Gasteiger charge is -2.52. The van der Waals surface area contributed by atoms with E-state index in [4.69, 9.17) is 5.14 Å². The van der Waals surface area contributed by atoms with E-state index in [0.29, 0.717) is 18.5 Å². The Morgan fingerprint density at radius 2 is 1.69 bits per heavy atom. The van der Waals surface area contributed by atoms with Crippen LogP contribution in [0.5, 0.6) is 0 Å². The van der Waals surface area contributed by atoms with E-state index >= 15 is 0 Å². The summed E-state index contributed by atoms with van der Waals surface area (Å²) in [5.74, 6) is -0.141. The third-order valence-corrected chi connectivity index (χ3v) is 7.37. The summed E-state index contributed by atoms with van der Waals surface area (Å²) in [5, 5.41) is 16.8. The quantitative estimate of drug-likeness (QED) is 0.806. The molecule has 1 amide bonds. The molecule has 6 nitrogen and oxygen atoms in total. The standard InChI is InChI=1S/C22H26N2O4S/c23-29(27,28)18-12-10-16(11-13-18)21(25)24-15-14-22(26,17-6-2-1-3-7-17)19-8-4-5-9-20(19)24/h1-3,6-7,10-13,19-20,26H,4-5,8-9,14-15H2,(H2,23,27,28)/t19-,20+,22+/m0/s1. The number of likely N-dealkylation sites (tertiary alicyclic amines) is 1. The molecule has 2 aromatic carbocycles. The van der Waals surface area contributed by atoms with Gasteiger partial charge in [0.25, 0.3) is 5.91 Å². The van der Waals surface area contributed by atoms with E-state index in [0.717, 1.165) is 31.2 Å². The third kappa shape index (κ3) is 3.70. The predicted octanol–water partition coefficient (Wildman–Crippen LogP) is 2.63. The summed E-state index contributed by atoms with van der Waals surface area (Å²) in [6, 6.07) is 15.5. The maximum Gasteiger partial charge on any atom is 0.254 e. The van der Waals surface area contributed by atoms with Crippen molar-refractivity contribution >= 4 is 15.9 Å². The van der Waals surface area contributed by atoms with E-state index in [1.165, 1.54) is 24.3 Å². The van der Waals surface area contributed by atoms with Crippen molar-refractivity contribution in [2.75, 3.05) is 6.54 Å². The zero-order valence-corrected chi connectivity index (χ0v) is 17.0. The Hall–Kier alpha value is -2.22. The number of fused-ring (bicyclic) bond motifs is 1. The predicted molar refractivity (Wildman–Crippen MR) is 110 cm³/mol. The Balaban J connectivity index is 1.62. The van der Waals surface area contributed by atoms with Gasteiger partial charge in [-0.15, -0.1) is 0 Å². The van der Waals surface area contributed by atoms with E-state index in [2.05, 4.69) is 0 Å². The summed E-state index contributed by atoms with van der Waals surface area (Å²) in [4.78, 5) is 15.1. The van der Waals surface area contributed by atoms with Crippen molar-refractivity contribution in [1.82, 2.24) is 4.90 Å². The molecule has 0 radical (unpaired) electrons. The molecule has 0 spiro atoms. The molecule has 4 rings (SSSR count). The summed E-state index contributed by atoms with van der Waals surface area (Å²) in [6.07, 6.45) is 4.30. The number of benzene rings is 2. The molecule has 3 N–H and O–H groups in total. The van der Waals surface area contributed by atoms with E-state index in [1.807, 2.05) is 35.2 Å². The van der Waals surface area contributed by atoms with Crippen molar-refractivity contribution in [3.8, 4) is 0 Å². The lowest BCUT2D eigenvalue weighted by molar-refractivity contribution is -0.110. The number of rotatable bonds is 3. The Kier molecular flexibility index (Phi) is 5.23. The molecule has 29 heavy (non-hydrogen) atoms. The van der Waals surface area contributed by atoms with Gasteiger partial charge in [0.15, 0.2) is 0 Å². The van der Waals surface area contributed by atoms with Gasteiger partial charge in [-0.05, 0) is 49.1 Å². The SMILES string of the molecule is NS(=O)(=O)c1ccc(C(=O)N2CC[C@@](O)(c3ccccc3)[C@H]3CCCC[C@H]32)cc1. The fourth-order valence-corrected chi connectivity index (χ4v) is 5.49. The molecule has 1 aliphatic heterocycles. The number of hydrogen-bond donors (Lipinski definition) is 2. The van der Waals surface area contributed by atoms with Gasteiger partial charge in [-0.25, -0.2) is 13.6 Å². The van der Waals surface area contributed by atoms with Gasteiger partial charge in [-0.3, -0.25) is 4.79 Å². The minimum absolute atomic E-state index is 0.0123. The van der Waals surface area contributed by atoms with Gasteiger partial charge in [-0.2, -0.15) is 0 Å². The van der Waals surface area contributed by atoms with Gasteiger partial charge in [0.05, 0.1) is 10.5 Å². The first kappa shape index (κ1) is 20.1. The molecule has 2 fully saturated rings. The fourth-order valence-electron chi connectivity index (χ4n) is 4.97. The second-order valence-electron chi connectivity index (χ2n) is 8.07. The molecular weight excluding hydrogens is 388 g/mol. The third-order valence-electron chi connectivity index (χ3n) is 6.44. The number of carbonyl (C=O) groups is 1. The maximum absolute atomic E-state index is 13.2. The summed E-state index contributed by atoms with van der Waals surface area (Å²) in [7, 11) is -3.79. The molecule has 3 atom stereocenters. The largest absolute Gasteiger partial charge is 0.385 e. The van der Waals surface area contributed by atoms with Gasteiger partial charge < -0.3 is 10.0 Å². The van der Waals surface area contributed by atoms with E-state index in [1.54, 1.807) is 0 Å². The summed E-state index contributed by atoms with van der Waals surface area (Å²) >= 11 is 0.